The molecule has 2 saturated heterocycles. The van der Waals surface area contributed by atoms with E-state index in [1.807, 2.05) is 11.8 Å². The second-order valence-corrected chi connectivity index (χ2v) is 4.03. The predicted molar refractivity (Wildman–Crippen MR) is 54.6 cm³/mol. The summed E-state index contributed by atoms with van der Waals surface area (Å²) in [5, 5.41) is 3.16. The largest absolute Gasteiger partial charge is 0.375 e. The summed E-state index contributed by atoms with van der Waals surface area (Å²) in [6, 6.07) is 0. The number of amides is 1. The minimum absolute atomic E-state index is 0.0948. The van der Waals surface area contributed by atoms with Crippen molar-refractivity contribution in [1.82, 2.24) is 10.2 Å². The molecule has 0 aromatic heterocycles. The van der Waals surface area contributed by atoms with Gasteiger partial charge in [-0.3, -0.25) is 4.79 Å². The third kappa shape index (κ3) is 2.68. The van der Waals surface area contributed by atoms with Crippen LogP contribution in [0, 0.1) is 0 Å². The molecule has 0 spiro atoms. The molecule has 5 heteroatoms. The van der Waals surface area contributed by atoms with Gasteiger partial charge in [0.05, 0.1) is 19.3 Å². The Labute approximate surface area is 89.7 Å². The van der Waals surface area contributed by atoms with Crippen LogP contribution in [0.1, 0.15) is 6.92 Å². The van der Waals surface area contributed by atoms with Gasteiger partial charge in [0.2, 0.25) is 0 Å². The van der Waals surface area contributed by atoms with Gasteiger partial charge in [0, 0.05) is 26.2 Å². The van der Waals surface area contributed by atoms with Crippen LogP contribution in [0.25, 0.3) is 0 Å². The lowest BCUT2D eigenvalue weighted by Gasteiger charge is -2.34. The molecule has 2 aliphatic heterocycles. The van der Waals surface area contributed by atoms with Gasteiger partial charge in [-0.15, -0.1) is 0 Å². The minimum Gasteiger partial charge on any atom is -0.375 e. The maximum atomic E-state index is 12.0. The van der Waals surface area contributed by atoms with E-state index < -0.39 is 0 Å². The van der Waals surface area contributed by atoms with E-state index in [-0.39, 0.29) is 18.1 Å². The Morgan fingerprint density at radius 2 is 2.27 bits per heavy atom. The Hall–Kier alpha value is -0.650. The van der Waals surface area contributed by atoms with E-state index in [0.29, 0.717) is 32.8 Å². The molecule has 1 amide bonds. The lowest BCUT2D eigenvalue weighted by molar-refractivity contribution is -0.151. The van der Waals surface area contributed by atoms with Crippen LogP contribution >= 0.6 is 0 Å². The Balaban J connectivity index is 1.88. The number of hydrogen-bond acceptors (Lipinski definition) is 4. The Kier molecular flexibility index (Phi) is 3.56. The molecule has 5 nitrogen and oxygen atoms in total. The number of nitrogens with zero attached hydrogens (tertiary/aromatic N) is 1. The first-order valence-corrected chi connectivity index (χ1v) is 5.50. The summed E-state index contributed by atoms with van der Waals surface area (Å²) in [5.41, 5.74) is 0. The van der Waals surface area contributed by atoms with Crippen LogP contribution in [0.4, 0.5) is 0 Å². The van der Waals surface area contributed by atoms with Crippen molar-refractivity contribution in [2.75, 3.05) is 39.4 Å². The molecule has 0 aromatic carbocycles. The molecular formula is C10H18N2O3. The molecule has 0 bridgehead atoms. The molecule has 1 N–H and O–H groups in total. The normalized spacial score (nSPS) is 32.7. The fourth-order valence-corrected chi connectivity index (χ4v) is 1.95. The van der Waals surface area contributed by atoms with Gasteiger partial charge in [-0.05, 0) is 6.92 Å². The summed E-state index contributed by atoms with van der Waals surface area (Å²) in [6.45, 7) is 6.07. The number of ether oxygens (including phenoxy) is 2. The third-order valence-corrected chi connectivity index (χ3v) is 2.76. The van der Waals surface area contributed by atoms with Gasteiger partial charge in [-0.25, -0.2) is 0 Å². The lowest BCUT2D eigenvalue weighted by Crippen LogP contribution is -2.53. The van der Waals surface area contributed by atoms with Crippen molar-refractivity contribution in [3.63, 3.8) is 0 Å². The standard InChI is InChI=1S/C10H18N2O3/c1-8-7-12(3-5-14-8)10(13)9-6-11-2-4-15-9/h8-9,11H,2-7H2,1H3/t8?,9-/m1/s1. The number of morpholine rings is 2. The summed E-state index contributed by atoms with van der Waals surface area (Å²) in [7, 11) is 0. The van der Waals surface area contributed by atoms with Crippen LogP contribution < -0.4 is 5.32 Å². The van der Waals surface area contributed by atoms with E-state index in [0.717, 1.165) is 6.54 Å². The maximum absolute atomic E-state index is 12.0. The first-order valence-electron chi connectivity index (χ1n) is 5.50. The molecule has 2 fully saturated rings. The number of rotatable bonds is 1. The molecule has 0 radical (unpaired) electrons. The average Bonchev–Trinajstić information content (AvgIpc) is 2.29. The molecule has 86 valence electrons. The van der Waals surface area contributed by atoms with Crippen molar-refractivity contribution >= 4 is 5.91 Å². The van der Waals surface area contributed by atoms with E-state index in [1.165, 1.54) is 0 Å². The highest BCUT2D eigenvalue weighted by atomic mass is 16.5. The Morgan fingerprint density at radius 1 is 1.40 bits per heavy atom. The fourth-order valence-electron chi connectivity index (χ4n) is 1.95. The van der Waals surface area contributed by atoms with Gasteiger partial charge in [0.1, 0.15) is 6.10 Å². The first-order chi connectivity index (χ1) is 7.27. The van der Waals surface area contributed by atoms with E-state index in [1.54, 1.807) is 0 Å². The molecule has 0 aromatic rings. The number of nitrogens with one attached hydrogen (secondary N) is 1. The van der Waals surface area contributed by atoms with Crippen LogP contribution in [0.5, 0.6) is 0 Å². The molecule has 1 unspecified atom stereocenters. The van der Waals surface area contributed by atoms with Crippen molar-refractivity contribution in [3.8, 4) is 0 Å². The highest BCUT2D eigenvalue weighted by Crippen LogP contribution is 2.08. The molecule has 2 heterocycles. The zero-order chi connectivity index (χ0) is 10.7. The molecule has 0 saturated carbocycles. The summed E-state index contributed by atoms with van der Waals surface area (Å²) < 4.78 is 10.8. The van der Waals surface area contributed by atoms with Crippen molar-refractivity contribution in [2.24, 2.45) is 0 Å². The molecule has 2 aliphatic rings. The highest BCUT2D eigenvalue weighted by Gasteiger charge is 2.29. The van der Waals surface area contributed by atoms with Crippen LogP contribution in [-0.4, -0.2) is 62.4 Å². The smallest absolute Gasteiger partial charge is 0.253 e. The average molecular weight is 214 g/mol. The van der Waals surface area contributed by atoms with Gasteiger partial charge in [0.25, 0.3) is 5.91 Å². The van der Waals surface area contributed by atoms with Gasteiger partial charge in [-0.2, -0.15) is 0 Å². The second kappa shape index (κ2) is 4.92. The quantitative estimate of drug-likeness (QED) is 0.622. The van der Waals surface area contributed by atoms with Gasteiger partial charge >= 0.3 is 0 Å². The zero-order valence-electron chi connectivity index (χ0n) is 9.07. The second-order valence-electron chi connectivity index (χ2n) is 4.03. The summed E-state index contributed by atoms with van der Waals surface area (Å²) >= 11 is 0. The predicted octanol–water partition coefficient (Wildman–Crippen LogP) is -0.778. The van der Waals surface area contributed by atoms with Gasteiger partial charge < -0.3 is 19.7 Å². The number of carbonyl (C=O) groups is 1. The van der Waals surface area contributed by atoms with Gasteiger partial charge in [-0.1, -0.05) is 0 Å². The summed E-state index contributed by atoms with van der Waals surface area (Å²) in [5.74, 6) is 0.0948. The van der Waals surface area contributed by atoms with Gasteiger partial charge in [0.15, 0.2) is 0 Å². The SMILES string of the molecule is CC1CN(C(=O)[C@H]2CNCCO2)CCO1. The molecule has 15 heavy (non-hydrogen) atoms. The van der Waals surface area contributed by atoms with E-state index in [9.17, 15) is 4.79 Å². The maximum Gasteiger partial charge on any atom is 0.253 e. The molecule has 2 atom stereocenters. The van der Waals surface area contributed by atoms with Crippen molar-refractivity contribution in [3.05, 3.63) is 0 Å². The van der Waals surface area contributed by atoms with Crippen LogP contribution in [0.3, 0.4) is 0 Å². The van der Waals surface area contributed by atoms with Crippen molar-refractivity contribution in [1.29, 1.82) is 0 Å². The first kappa shape index (κ1) is 10.9. The van der Waals surface area contributed by atoms with Crippen LogP contribution in [-0.2, 0) is 14.3 Å². The van der Waals surface area contributed by atoms with E-state index in [2.05, 4.69) is 5.32 Å². The van der Waals surface area contributed by atoms with Crippen LogP contribution in [0.15, 0.2) is 0 Å². The van der Waals surface area contributed by atoms with Crippen LogP contribution in [0.2, 0.25) is 0 Å². The number of carbonyl (C=O) groups excluding carboxylic acids is 1. The van der Waals surface area contributed by atoms with Crippen molar-refractivity contribution in [2.45, 2.75) is 19.1 Å². The molecular weight excluding hydrogens is 196 g/mol. The zero-order valence-corrected chi connectivity index (χ0v) is 9.07. The van der Waals surface area contributed by atoms with Crippen molar-refractivity contribution < 1.29 is 14.3 Å². The minimum atomic E-state index is -0.302. The van der Waals surface area contributed by atoms with E-state index >= 15 is 0 Å². The Bertz CT molecular complexity index is 229. The summed E-state index contributed by atoms with van der Waals surface area (Å²) in [4.78, 5) is 13.8. The summed E-state index contributed by atoms with van der Waals surface area (Å²) in [6.07, 6.45) is -0.164. The monoisotopic (exact) mass is 214 g/mol. The molecule has 2 rings (SSSR count). The van der Waals surface area contributed by atoms with E-state index in [4.69, 9.17) is 9.47 Å². The molecule has 0 aliphatic carbocycles. The fraction of sp³-hybridized carbons (Fsp3) is 0.900. The topological polar surface area (TPSA) is 50.8 Å². The Morgan fingerprint density at radius 3 is 2.93 bits per heavy atom. The lowest BCUT2D eigenvalue weighted by atomic mass is 10.2. The third-order valence-electron chi connectivity index (χ3n) is 2.76. The highest BCUT2D eigenvalue weighted by molar-refractivity contribution is 5.81. The number of hydrogen-bond donors (Lipinski definition) is 1.